The van der Waals surface area contributed by atoms with Gasteiger partial charge in [-0.2, -0.15) is 18.2 Å². The number of carbonyl (C=O) groups is 1. The Bertz CT molecular complexity index is 1550. The van der Waals surface area contributed by atoms with Crippen molar-refractivity contribution in [2.45, 2.75) is 62.7 Å². The van der Waals surface area contributed by atoms with E-state index in [-0.39, 0.29) is 46.5 Å². The lowest BCUT2D eigenvalue weighted by Crippen LogP contribution is -2.53. The van der Waals surface area contributed by atoms with E-state index in [1.165, 1.54) is 10.9 Å². The standard InChI is InChI=1S/C25H26F4N8O2S/c1-36-11-17(33-35-36)24(38)30-10-19-32-23(34-39-19)22-14(9-25(27,28)29)13-4-3-5-15(21(13)40-22)31-16-8-12-6-7-18(20(16)26)37(12)2/h3-5,11-12,16,18,20,31H,6-10H2,1-2H3,(H,30,38)/t12-,16-,18+,20-/m1/s1. The number of thiophene rings is 1. The molecule has 3 aromatic heterocycles. The second-order valence-corrected chi connectivity index (χ2v) is 11.3. The summed E-state index contributed by atoms with van der Waals surface area (Å²) in [6.07, 6.45) is -2.99. The SMILES string of the molecule is CN1[C@@H]2CC[C@H]1[C@H](F)[C@H](Nc1cccc3c(CC(F)(F)F)c(-c4noc(CNC(=O)c5cn(C)nn5)n4)sc13)C2. The minimum atomic E-state index is -4.49. The van der Waals surface area contributed by atoms with E-state index < -0.39 is 30.7 Å². The molecule has 1 aromatic carbocycles. The van der Waals surface area contributed by atoms with Crippen LogP contribution in [-0.4, -0.2) is 73.5 Å². The van der Waals surface area contributed by atoms with Gasteiger partial charge in [-0.15, -0.1) is 16.4 Å². The zero-order valence-electron chi connectivity index (χ0n) is 21.6. The zero-order valence-corrected chi connectivity index (χ0v) is 22.4. The van der Waals surface area contributed by atoms with Crippen LogP contribution in [0.1, 0.15) is 41.2 Å². The van der Waals surface area contributed by atoms with Gasteiger partial charge in [-0.1, -0.05) is 22.5 Å². The van der Waals surface area contributed by atoms with Crippen molar-refractivity contribution in [3.63, 3.8) is 0 Å². The van der Waals surface area contributed by atoms with Crippen LogP contribution in [-0.2, 0) is 20.0 Å². The molecule has 15 heteroatoms. The lowest BCUT2D eigenvalue weighted by molar-refractivity contribution is -0.126. The molecule has 2 saturated heterocycles. The highest BCUT2D eigenvalue weighted by Gasteiger charge is 2.46. The molecule has 6 rings (SSSR count). The lowest BCUT2D eigenvalue weighted by atomic mass is 9.95. The molecule has 10 nitrogen and oxygen atoms in total. The summed E-state index contributed by atoms with van der Waals surface area (Å²) in [6, 6.07) is 4.72. The summed E-state index contributed by atoms with van der Waals surface area (Å²) in [4.78, 5) is 18.8. The summed E-state index contributed by atoms with van der Waals surface area (Å²) < 4.78 is 63.6. The maximum absolute atomic E-state index is 15.4. The maximum atomic E-state index is 15.4. The van der Waals surface area contributed by atoms with E-state index in [0.717, 1.165) is 24.2 Å². The zero-order chi connectivity index (χ0) is 28.2. The number of amides is 1. The first-order chi connectivity index (χ1) is 19.1. The molecule has 0 unspecified atom stereocenters. The van der Waals surface area contributed by atoms with E-state index in [1.54, 1.807) is 25.2 Å². The van der Waals surface area contributed by atoms with Crippen LogP contribution in [0, 0.1) is 0 Å². The Morgan fingerprint density at radius 3 is 2.83 bits per heavy atom. The first-order valence-electron chi connectivity index (χ1n) is 12.8. The van der Waals surface area contributed by atoms with E-state index in [4.69, 9.17) is 4.52 Å². The Morgan fingerprint density at radius 2 is 2.08 bits per heavy atom. The van der Waals surface area contributed by atoms with Gasteiger partial charge in [0, 0.05) is 19.1 Å². The number of piperidine rings is 1. The Morgan fingerprint density at radius 1 is 1.25 bits per heavy atom. The number of hydrogen-bond donors (Lipinski definition) is 2. The van der Waals surface area contributed by atoms with Gasteiger partial charge in [0.2, 0.25) is 11.7 Å². The molecular weight excluding hydrogens is 552 g/mol. The van der Waals surface area contributed by atoms with Crippen LogP contribution in [0.2, 0.25) is 0 Å². The third kappa shape index (κ3) is 5.03. The number of rotatable bonds is 7. The van der Waals surface area contributed by atoms with Crippen molar-refractivity contribution in [3.05, 3.63) is 41.5 Å². The number of hydrogen-bond acceptors (Lipinski definition) is 9. The van der Waals surface area contributed by atoms with Crippen molar-refractivity contribution in [3.8, 4) is 10.7 Å². The topological polar surface area (TPSA) is 114 Å². The van der Waals surface area contributed by atoms with Crippen molar-refractivity contribution >= 4 is 33.0 Å². The number of anilines is 1. The van der Waals surface area contributed by atoms with Crippen molar-refractivity contribution in [2.75, 3.05) is 12.4 Å². The molecular formula is C25H26F4N8O2S. The van der Waals surface area contributed by atoms with Crippen LogP contribution < -0.4 is 10.6 Å². The summed E-state index contributed by atoms with van der Waals surface area (Å²) in [5.41, 5.74) is 0.688. The number of nitrogens with one attached hydrogen (secondary N) is 2. The Hall–Kier alpha value is -3.59. The van der Waals surface area contributed by atoms with Gasteiger partial charge in [0.1, 0.15) is 6.17 Å². The highest BCUT2D eigenvalue weighted by molar-refractivity contribution is 7.23. The molecule has 2 fully saturated rings. The van der Waals surface area contributed by atoms with Gasteiger partial charge in [0.25, 0.3) is 5.91 Å². The molecule has 0 spiro atoms. The number of nitrogens with zero attached hydrogens (tertiary/aromatic N) is 6. The van der Waals surface area contributed by atoms with Crippen LogP contribution in [0.3, 0.4) is 0 Å². The molecule has 0 saturated carbocycles. The van der Waals surface area contributed by atoms with Gasteiger partial charge in [0.05, 0.1) is 40.5 Å². The highest BCUT2D eigenvalue weighted by Crippen LogP contribution is 2.44. The molecule has 0 radical (unpaired) electrons. The Balaban J connectivity index is 1.29. The first kappa shape index (κ1) is 26.6. The van der Waals surface area contributed by atoms with Gasteiger partial charge in [-0.05, 0) is 43.3 Å². The second kappa shape index (κ2) is 10.1. The van der Waals surface area contributed by atoms with E-state index >= 15 is 4.39 Å². The molecule has 2 bridgehead atoms. The number of alkyl halides is 4. The Labute approximate surface area is 229 Å². The third-order valence-electron chi connectivity index (χ3n) is 7.62. The third-order valence-corrected chi connectivity index (χ3v) is 8.89. The van der Waals surface area contributed by atoms with Gasteiger partial charge in [-0.3, -0.25) is 14.4 Å². The van der Waals surface area contributed by atoms with E-state index in [1.807, 2.05) is 7.05 Å². The van der Waals surface area contributed by atoms with Crippen molar-refractivity contribution in [1.82, 2.24) is 35.4 Å². The quantitative estimate of drug-likeness (QED) is 0.315. The fourth-order valence-electron chi connectivity index (χ4n) is 5.70. The van der Waals surface area contributed by atoms with Gasteiger partial charge in [0.15, 0.2) is 5.69 Å². The lowest BCUT2D eigenvalue weighted by Gasteiger charge is -2.39. The van der Waals surface area contributed by atoms with Crippen LogP contribution >= 0.6 is 11.3 Å². The van der Waals surface area contributed by atoms with E-state index in [0.29, 0.717) is 22.2 Å². The predicted octanol–water partition coefficient (Wildman–Crippen LogP) is 4.10. The summed E-state index contributed by atoms with van der Waals surface area (Å²) in [5.74, 6) is -0.518. The smallest absolute Gasteiger partial charge is 0.378 e. The second-order valence-electron chi connectivity index (χ2n) is 10.3. The Kier molecular flexibility index (Phi) is 6.73. The predicted molar refractivity (Wildman–Crippen MR) is 139 cm³/mol. The number of aryl methyl sites for hydroxylation is 1. The molecule has 40 heavy (non-hydrogen) atoms. The number of benzene rings is 1. The fourth-order valence-corrected chi connectivity index (χ4v) is 6.92. The van der Waals surface area contributed by atoms with Crippen molar-refractivity contribution < 1.29 is 26.9 Å². The van der Waals surface area contributed by atoms with Crippen LogP contribution in [0.15, 0.2) is 28.9 Å². The van der Waals surface area contributed by atoms with E-state index in [9.17, 15) is 18.0 Å². The van der Waals surface area contributed by atoms with Gasteiger partial charge >= 0.3 is 6.18 Å². The minimum absolute atomic E-state index is 0.0167. The maximum Gasteiger partial charge on any atom is 0.393 e. The minimum Gasteiger partial charge on any atom is -0.378 e. The van der Waals surface area contributed by atoms with Crippen molar-refractivity contribution in [1.29, 1.82) is 0 Å². The molecule has 2 aliphatic heterocycles. The number of aromatic nitrogens is 5. The molecule has 0 aliphatic carbocycles. The fraction of sp³-hybridized carbons (Fsp3) is 0.480. The average Bonchev–Trinajstić information content (AvgIpc) is 3.67. The molecule has 5 heterocycles. The highest BCUT2D eigenvalue weighted by atomic mass is 32.1. The van der Waals surface area contributed by atoms with Crippen LogP contribution in [0.5, 0.6) is 0 Å². The number of carbonyl (C=O) groups excluding carboxylic acids is 1. The van der Waals surface area contributed by atoms with Crippen LogP contribution in [0.4, 0.5) is 23.2 Å². The molecule has 4 atom stereocenters. The summed E-state index contributed by atoms with van der Waals surface area (Å²) in [6.45, 7) is -0.148. The normalized spacial score (nSPS) is 23.1. The van der Waals surface area contributed by atoms with Gasteiger partial charge in [-0.25, -0.2) is 4.39 Å². The van der Waals surface area contributed by atoms with Gasteiger partial charge < -0.3 is 15.2 Å². The molecule has 4 aromatic rings. The molecule has 1 amide bonds. The monoisotopic (exact) mass is 578 g/mol. The molecule has 2 aliphatic rings. The number of fused-ring (bicyclic) bond motifs is 3. The molecule has 2 N–H and O–H groups in total. The molecule has 212 valence electrons. The van der Waals surface area contributed by atoms with Crippen LogP contribution in [0.25, 0.3) is 20.8 Å². The number of halogens is 4. The largest absolute Gasteiger partial charge is 0.393 e. The average molecular weight is 579 g/mol. The summed E-state index contributed by atoms with van der Waals surface area (Å²) in [7, 11) is 3.56. The summed E-state index contributed by atoms with van der Waals surface area (Å²) in [5, 5.41) is 17.6. The van der Waals surface area contributed by atoms with E-state index in [2.05, 4.69) is 36.0 Å². The first-order valence-corrected chi connectivity index (χ1v) is 13.6. The van der Waals surface area contributed by atoms with Crippen molar-refractivity contribution in [2.24, 2.45) is 7.05 Å². The summed E-state index contributed by atoms with van der Waals surface area (Å²) >= 11 is 1.10.